The van der Waals surface area contributed by atoms with Gasteiger partial charge >= 0.3 is 6.01 Å². The Kier molecular flexibility index (Phi) is 3.67. The maximum atomic E-state index is 11.5. The smallest absolute Gasteiger partial charge is 0.316 e. The molecule has 0 saturated carbocycles. The average molecular weight is 242 g/mol. The maximum Gasteiger partial charge on any atom is 0.316 e. The van der Waals surface area contributed by atoms with Crippen LogP contribution in [0.3, 0.4) is 0 Å². The van der Waals surface area contributed by atoms with E-state index in [1.807, 2.05) is 31.2 Å². The minimum absolute atomic E-state index is 0.146. The van der Waals surface area contributed by atoms with Gasteiger partial charge in [0.2, 0.25) is 0 Å². The van der Waals surface area contributed by atoms with Crippen molar-refractivity contribution in [3.63, 3.8) is 0 Å². The molecule has 92 valence electrons. The van der Waals surface area contributed by atoms with Crippen molar-refractivity contribution in [2.45, 2.75) is 13.3 Å². The molecule has 0 saturated heterocycles. The number of hydrogen-bond donors (Lipinski definition) is 0. The van der Waals surface area contributed by atoms with Gasteiger partial charge in [0.25, 0.3) is 0 Å². The van der Waals surface area contributed by atoms with Gasteiger partial charge in [-0.15, -0.1) is 0 Å². The largest absolute Gasteiger partial charge is 0.467 e. The second-order valence-electron chi connectivity index (χ2n) is 3.81. The molecule has 0 spiro atoms. The standard InChI is InChI=1S/C14H14N2O2/c1-3-13(17)11-6-4-10(5-7-11)12-8-15-14(18-2)16-9-12/h4-9H,3H2,1-2H3. The van der Waals surface area contributed by atoms with Crippen LogP contribution in [0.15, 0.2) is 36.7 Å². The Hall–Kier alpha value is -2.23. The lowest BCUT2D eigenvalue weighted by Crippen LogP contribution is -1.96. The minimum atomic E-state index is 0.146. The SMILES string of the molecule is CCC(=O)c1ccc(-c2cnc(OC)nc2)cc1. The van der Waals surface area contributed by atoms with Crippen LogP contribution >= 0.6 is 0 Å². The van der Waals surface area contributed by atoms with Crippen LogP contribution in [0.2, 0.25) is 0 Å². The predicted molar refractivity (Wildman–Crippen MR) is 68.6 cm³/mol. The molecule has 0 amide bonds. The normalized spacial score (nSPS) is 10.1. The van der Waals surface area contributed by atoms with Gasteiger partial charge in [-0.2, -0.15) is 0 Å². The molecule has 4 heteroatoms. The average Bonchev–Trinajstić information content (AvgIpc) is 2.47. The van der Waals surface area contributed by atoms with E-state index in [2.05, 4.69) is 9.97 Å². The van der Waals surface area contributed by atoms with E-state index in [1.54, 1.807) is 12.4 Å². The molecule has 0 aliphatic rings. The van der Waals surface area contributed by atoms with Crippen LogP contribution in [0.1, 0.15) is 23.7 Å². The summed E-state index contributed by atoms with van der Waals surface area (Å²) < 4.78 is 4.90. The monoisotopic (exact) mass is 242 g/mol. The molecule has 0 fully saturated rings. The summed E-state index contributed by atoms with van der Waals surface area (Å²) in [5.74, 6) is 0.146. The molecule has 2 aromatic rings. The van der Waals surface area contributed by atoms with Crippen LogP contribution in [0.25, 0.3) is 11.1 Å². The van der Waals surface area contributed by atoms with Crippen molar-refractivity contribution in [2.75, 3.05) is 7.11 Å². The lowest BCUT2D eigenvalue weighted by atomic mass is 10.0. The molecular weight excluding hydrogens is 228 g/mol. The summed E-state index contributed by atoms with van der Waals surface area (Å²) in [6.07, 6.45) is 3.91. The van der Waals surface area contributed by atoms with E-state index in [1.165, 1.54) is 7.11 Å². The van der Waals surface area contributed by atoms with E-state index in [9.17, 15) is 4.79 Å². The second-order valence-corrected chi connectivity index (χ2v) is 3.81. The summed E-state index contributed by atoms with van der Waals surface area (Å²) in [5.41, 5.74) is 2.60. The van der Waals surface area contributed by atoms with Gasteiger partial charge in [0.1, 0.15) is 0 Å². The molecule has 1 aromatic heterocycles. The highest BCUT2D eigenvalue weighted by Crippen LogP contribution is 2.19. The first-order valence-corrected chi connectivity index (χ1v) is 5.74. The molecule has 0 radical (unpaired) electrons. The number of ketones is 1. The third kappa shape index (κ3) is 2.53. The van der Waals surface area contributed by atoms with E-state index in [0.717, 1.165) is 16.7 Å². The van der Waals surface area contributed by atoms with E-state index < -0.39 is 0 Å². The van der Waals surface area contributed by atoms with Crippen molar-refractivity contribution in [1.82, 2.24) is 9.97 Å². The van der Waals surface area contributed by atoms with Crippen molar-refractivity contribution in [3.05, 3.63) is 42.2 Å². The molecule has 18 heavy (non-hydrogen) atoms. The Morgan fingerprint density at radius 1 is 1.11 bits per heavy atom. The highest BCUT2D eigenvalue weighted by molar-refractivity contribution is 5.96. The molecule has 0 aliphatic carbocycles. The first-order valence-electron chi connectivity index (χ1n) is 5.74. The van der Waals surface area contributed by atoms with Crippen LogP contribution < -0.4 is 4.74 Å². The zero-order chi connectivity index (χ0) is 13.0. The second kappa shape index (κ2) is 5.40. The van der Waals surface area contributed by atoms with Crippen molar-refractivity contribution in [3.8, 4) is 17.1 Å². The van der Waals surface area contributed by atoms with E-state index in [-0.39, 0.29) is 5.78 Å². The lowest BCUT2D eigenvalue weighted by Gasteiger charge is -2.03. The number of aromatic nitrogens is 2. The van der Waals surface area contributed by atoms with Gasteiger partial charge in [0, 0.05) is 29.9 Å². The number of Topliss-reactive ketones (excluding diaryl/α,β-unsaturated/α-hetero) is 1. The van der Waals surface area contributed by atoms with Crippen LogP contribution in [0, 0.1) is 0 Å². The summed E-state index contributed by atoms with van der Waals surface area (Å²) in [6.45, 7) is 1.85. The van der Waals surface area contributed by atoms with E-state index in [4.69, 9.17) is 4.74 Å². The number of rotatable bonds is 4. The first kappa shape index (κ1) is 12.2. The number of methoxy groups -OCH3 is 1. The van der Waals surface area contributed by atoms with Gasteiger partial charge in [-0.3, -0.25) is 4.79 Å². The minimum Gasteiger partial charge on any atom is -0.467 e. The highest BCUT2D eigenvalue weighted by atomic mass is 16.5. The zero-order valence-electron chi connectivity index (χ0n) is 10.4. The maximum absolute atomic E-state index is 11.5. The quantitative estimate of drug-likeness (QED) is 0.773. The van der Waals surface area contributed by atoms with Crippen LogP contribution in [0.5, 0.6) is 6.01 Å². The highest BCUT2D eigenvalue weighted by Gasteiger charge is 2.04. The molecule has 1 aromatic carbocycles. The van der Waals surface area contributed by atoms with Gasteiger partial charge < -0.3 is 4.74 Å². The molecule has 0 bridgehead atoms. The molecule has 2 rings (SSSR count). The third-order valence-corrected chi connectivity index (χ3v) is 2.67. The number of carbonyl (C=O) groups excluding carboxylic acids is 1. The van der Waals surface area contributed by atoms with Crippen molar-refractivity contribution in [2.24, 2.45) is 0 Å². The van der Waals surface area contributed by atoms with Gasteiger partial charge in [0.15, 0.2) is 5.78 Å². The van der Waals surface area contributed by atoms with Crippen molar-refractivity contribution < 1.29 is 9.53 Å². The molecule has 4 nitrogen and oxygen atoms in total. The molecule has 1 heterocycles. The fourth-order valence-electron chi connectivity index (χ4n) is 1.62. The molecular formula is C14H14N2O2. The molecule has 0 unspecified atom stereocenters. The summed E-state index contributed by atoms with van der Waals surface area (Å²) >= 11 is 0. The number of carbonyl (C=O) groups is 1. The van der Waals surface area contributed by atoms with Crippen molar-refractivity contribution in [1.29, 1.82) is 0 Å². The molecule has 0 N–H and O–H groups in total. The van der Waals surface area contributed by atoms with Gasteiger partial charge in [-0.1, -0.05) is 31.2 Å². The van der Waals surface area contributed by atoms with Crippen LogP contribution in [-0.4, -0.2) is 22.9 Å². The topological polar surface area (TPSA) is 52.1 Å². The summed E-state index contributed by atoms with van der Waals surface area (Å²) in [5, 5.41) is 0. The first-order chi connectivity index (χ1) is 8.74. The van der Waals surface area contributed by atoms with Gasteiger partial charge in [-0.25, -0.2) is 9.97 Å². The number of ether oxygens (including phenoxy) is 1. The summed E-state index contributed by atoms with van der Waals surface area (Å²) in [4.78, 5) is 19.6. The van der Waals surface area contributed by atoms with E-state index in [0.29, 0.717) is 12.4 Å². The van der Waals surface area contributed by atoms with E-state index >= 15 is 0 Å². The van der Waals surface area contributed by atoms with Crippen LogP contribution in [-0.2, 0) is 0 Å². The third-order valence-electron chi connectivity index (χ3n) is 2.67. The molecule has 0 atom stereocenters. The van der Waals surface area contributed by atoms with Crippen LogP contribution in [0.4, 0.5) is 0 Å². The Balaban J connectivity index is 2.25. The fraction of sp³-hybridized carbons (Fsp3) is 0.214. The Labute approximate surface area is 106 Å². The lowest BCUT2D eigenvalue weighted by molar-refractivity contribution is 0.0988. The zero-order valence-corrected chi connectivity index (χ0v) is 10.4. The summed E-state index contributed by atoms with van der Waals surface area (Å²) in [6, 6.07) is 7.79. The Morgan fingerprint density at radius 2 is 1.72 bits per heavy atom. The molecule has 0 aliphatic heterocycles. The van der Waals surface area contributed by atoms with Gasteiger partial charge in [-0.05, 0) is 5.56 Å². The Morgan fingerprint density at radius 3 is 2.22 bits per heavy atom. The Bertz CT molecular complexity index is 533. The number of hydrogen-bond acceptors (Lipinski definition) is 4. The predicted octanol–water partition coefficient (Wildman–Crippen LogP) is 2.74. The fourth-order valence-corrected chi connectivity index (χ4v) is 1.62. The van der Waals surface area contributed by atoms with Gasteiger partial charge in [0.05, 0.1) is 7.11 Å². The number of benzene rings is 1. The van der Waals surface area contributed by atoms with Crippen molar-refractivity contribution >= 4 is 5.78 Å². The number of nitrogens with zero attached hydrogens (tertiary/aromatic N) is 2. The summed E-state index contributed by atoms with van der Waals surface area (Å²) in [7, 11) is 1.53.